The van der Waals surface area contributed by atoms with E-state index in [9.17, 15) is 14.4 Å². The van der Waals surface area contributed by atoms with E-state index < -0.39 is 17.9 Å². The van der Waals surface area contributed by atoms with Crippen LogP contribution in [0.5, 0.6) is 0 Å². The molecule has 188 valence electrons. The standard InChI is InChI=1S/C28H31N3O5/c1-19-9-6-13-23(20(19)2)31(25(32)18-30-27(33)24-14-8-16-36-24)26(21-10-4-3-5-11-21)28(34)29-17-22-12-7-15-35-22/h3-6,8-11,13-14,16,22,26H,7,12,15,17-18H2,1-2H3,(H,29,34)(H,30,33). The van der Waals surface area contributed by atoms with E-state index in [1.807, 2.05) is 62.4 Å². The largest absolute Gasteiger partial charge is 0.459 e. The summed E-state index contributed by atoms with van der Waals surface area (Å²) in [5.74, 6) is -1.14. The van der Waals surface area contributed by atoms with Gasteiger partial charge in [0.15, 0.2) is 5.76 Å². The summed E-state index contributed by atoms with van der Waals surface area (Å²) in [6.07, 6.45) is 3.20. The van der Waals surface area contributed by atoms with E-state index >= 15 is 0 Å². The highest BCUT2D eigenvalue weighted by atomic mass is 16.5. The maximum Gasteiger partial charge on any atom is 0.287 e. The Morgan fingerprint density at radius 3 is 2.50 bits per heavy atom. The van der Waals surface area contributed by atoms with Gasteiger partial charge in [-0.1, -0.05) is 42.5 Å². The number of rotatable bonds is 9. The second-order valence-corrected chi connectivity index (χ2v) is 8.84. The van der Waals surface area contributed by atoms with Crippen molar-refractivity contribution in [3.63, 3.8) is 0 Å². The van der Waals surface area contributed by atoms with Gasteiger partial charge in [-0.2, -0.15) is 0 Å². The third-order valence-electron chi connectivity index (χ3n) is 6.40. The van der Waals surface area contributed by atoms with Crippen molar-refractivity contribution in [1.29, 1.82) is 0 Å². The van der Waals surface area contributed by atoms with Crippen LogP contribution in [-0.2, 0) is 14.3 Å². The van der Waals surface area contributed by atoms with Gasteiger partial charge < -0.3 is 19.8 Å². The number of carbonyl (C=O) groups excluding carboxylic acids is 3. The summed E-state index contributed by atoms with van der Waals surface area (Å²) in [6, 6.07) is 17.0. The molecule has 4 rings (SSSR count). The number of furan rings is 1. The quantitative estimate of drug-likeness (QED) is 0.477. The molecule has 2 atom stereocenters. The molecule has 0 spiro atoms. The molecule has 0 aliphatic carbocycles. The van der Waals surface area contributed by atoms with Crippen molar-refractivity contribution in [3.8, 4) is 0 Å². The summed E-state index contributed by atoms with van der Waals surface area (Å²) >= 11 is 0. The zero-order valence-corrected chi connectivity index (χ0v) is 20.5. The molecule has 1 fully saturated rings. The van der Waals surface area contributed by atoms with Gasteiger partial charge in [0, 0.05) is 18.8 Å². The summed E-state index contributed by atoms with van der Waals surface area (Å²) in [6.45, 7) is 4.61. The second kappa shape index (κ2) is 11.7. The molecule has 1 aromatic heterocycles. The molecule has 2 heterocycles. The first-order valence-electron chi connectivity index (χ1n) is 12.1. The Balaban J connectivity index is 1.67. The van der Waals surface area contributed by atoms with Gasteiger partial charge in [-0.15, -0.1) is 0 Å². The van der Waals surface area contributed by atoms with Crippen LogP contribution in [0.1, 0.15) is 46.1 Å². The molecule has 8 nitrogen and oxygen atoms in total. The number of anilines is 1. The van der Waals surface area contributed by atoms with E-state index in [0.717, 1.165) is 24.0 Å². The minimum Gasteiger partial charge on any atom is -0.459 e. The lowest BCUT2D eigenvalue weighted by atomic mass is 10.00. The van der Waals surface area contributed by atoms with Crippen LogP contribution in [-0.4, -0.2) is 43.5 Å². The molecule has 3 amide bonds. The van der Waals surface area contributed by atoms with Crippen LogP contribution in [0.3, 0.4) is 0 Å². The highest BCUT2D eigenvalue weighted by Gasteiger charge is 2.34. The topological polar surface area (TPSA) is 101 Å². The molecule has 0 saturated carbocycles. The lowest BCUT2D eigenvalue weighted by Gasteiger charge is -2.33. The van der Waals surface area contributed by atoms with Gasteiger partial charge >= 0.3 is 0 Å². The van der Waals surface area contributed by atoms with Crippen molar-refractivity contribution < 1.29 is 23.5 Å². The number of benzene rings is 2. The predicted octanol–water partition coefficient (Wildman–Crippen LogP) is 3.70. The van der Waals surface area contributed by atoms with E-state index in [-0.39, 0.29) is 24.3 Å². The highest BCUT2D eigenvalue weighted by Crippen LogP contribution is 2.32. The van der Waals surface area contributed by atoms with Crippen LogP contribution in [0, 0.1) is 13.8 Å². The van der Waals surface area contributed by atoms with Gasteiger partial charge in [0.05, 0.1) is 18.9 Å². The van der Waals surface area contributed by atoms with Crippen molar-refractivity contribution in [2.24, 2.45) is 0 Å². The van der Waals surface area contributed by atoms with E-state index in [1.54, 1.807) is 6.07 Å². The maximum atomic E-state index is 13.7. The van der Waals surface area contributed by atoms with E-state index in [1.165, 1.54) is 17.2 Å². The molecule has 8 heteroatoms. The minimum atomic E-state index is -0.943. The van der Waals surface area contributed by atoms with Crippen molar-refractivity contribution >= 4 is 23.4 Å². The number of carbonyl (C=O) groups is 3. The first-order valence-corrected chi connectivity index (χ1v) is 12.1. The lowest BCUT2D eigenvalue weighted by molar-refractivity contribution is -0.126. The normalized spacial score (nSPS) is 15.8. The second-order valence-electron chi connectivity index (χ2n) is 8.84. The van der Waals surface area contributed by atoms with Crippen molar-refractivity contribution in [3.05, 3.63) is 89.4 Å². The molecule has 0 radical (unpaired) electrons. The summed E-state index contributed by atoms with van der Waals surface area (Å²) < 4.78 is 10.8. The Labute approximate surface area is 210 Å². The first kappa shape index (κ1) is 25.2. The molecule has 0 bridgehead atoms. The van der Waals surface area contributed by atoms with Gasteiger partial charge in [-0.3, -0.25) is 19.3 Å². The van der Waals surface area contributed by atoms with Gasteiger partial charge in [-0.25, -0.2) is 0 Å². The summed E-state index contributed by atoms with van der Waals surface area (Å²) in [4.78, 5) is 41.3. The average Bonchev–Trinajstić information content (AvgIpc) is 3.61. The molecule has 1 aliphatic heterocycles. The molecule has 36 heavy (non-hydrogen) atoms. The third kappa shape index (κ3) is 5.83. The van der Waals surface area contributed by atoms with Crippen LogP contribution < -0.4 is 15.5 Å². The van der Waals surface area contributed by atoms with Crippen LogP contribution in [0.2, 0.25) is 0 Å². The zero-order chi connectivity index (χ0) is 25.5. The van der Waals surface area contributed by atoms with E-state index in [2.05, 4.69) is 10.6 Å². The Kier molecular flexibility index (Phi) is 8.17. The molecule has 2 N–H and O–H groups in total. The molecule has 1 aliphatic rings. The molecule has 1 saturated heterocycles. The number of nitrogens with one attached hydrogen (secondary N) is 2. The van der Waals surface area contributed by atoms with Crippen molar-refractivity contribution in [2.75, 3.05) is 24.6 Å². The van der Waals surface area contributed by atoms with Crippen LogP contribution in [0.15, 0.2) is 71.3 Å². The third-order valence-corrected chi connectivity index (χ3v) is 6.40. The fourth-order valence-corrected chi connectivity index (χ4v) is 4.32. The van der Waals surface area contributed by atoms with Gasteiger partial charge in [-0.05, 0) is 61.6 Å². The maximum absolute atomic E-state index is 13.7. The number of amides is 3. The first-order chi connectivity index (χ1) is 17.5. The van der Waals surface area contributed by atoms with Crippen molar-refractivity contribution in [1.82, 2.24) is 10.6 Å². The fraction of sp³-hybridized carbons (Fsp3) is 0.321. The summed E-state index contributed by atoms with van der Waals surface area (Å²) in [5, 5.41) is 5.61. The molecular weight excluding hydrogens is 458 g/mol. The number of hydrogen-bond acceptors (Lipinski definition) is 5. The van der Waals surface area contributed by atoms with Gasteiger partial charge in [0.25, 0.3) is 5.91 Å². The average molecular weight is 490 g/mol. The Hall–Kier alpha value is -3.91. The molecule has 2 aromatic carbocycles. The van der Waals surface area contributed by atoms with Gasteiger partial charge in [0.1, 0.15) is 6.04 Å². The monoisotopic (exact) mass is 489 g/mol. The molecular formula is C28H31N3O5. The Bertz CT molecular complexity index is 1190. The Morgan fingerprint density at radius 1 is 1.00 bits per heavy atom. The van der Waals surface area contributed by atoms with E-state index in [0.29, 0.717) is 24.4 Å². The minimum absolute atomic E-state index is 0.0391. The van der Waals surface area contributed by atoms with E-state index in [4.69, 9.17) is 9.15 Å². The SMILES string of the molecule is Cc1cccc(N(C(=O)CNC(=O)c2ccco2)C(C(=O)NCC2CCCO2)c2ccccc2)c1C. The number of ether oxygens (including phenoxy) is 1. The van der Waals surface area contributed by atoms with Gasteiger partial charge in [0.2, 0.25) is 11.8 Å². The summed E-state index contributed by atoms with van der Waals surface area (Å²) in [5.41, 5.74) is 3.12. The van der Waals surface area contributed by atoms with Crippen LogP contribution >= 0.6 is 0 Å². The number of hydrogen-bond donors (Lipinski definition) is 2. The lowest BCUT2D eigenvalue weighted by Crippen LogP contribution is -2.48. The van der Waals surface area contributed by atoms with Crippen LogP contribution in [0.25, 0.3) is 0 Å². The Morgan fingerprint density at radius 2 is 1.81 bits per heavy atom. The zero-order valence-electron chi connectivity index (χ0n) is 20.5. The smallest absolute Gasteiger partial charge is 0.287 e. The van der Waals surface area contributed by atoms with Crippen molar-refractivity contribution in [2.45, 2.75) is 38.8 Å². The fourth-order valence-electron chi connectivity index (χ4n) is 4.32. The predicted molar refractivity (Wildman–Crippen MR) is 136 cm³/mol. The molecule has 3 aromatic rings. The number of aryl methyl sites for hydroxylation is 1. The summed E-state index contributed by atoms with van der Waals surface area (Å²) in [7, 11) is 0. The number of nitrogens with zero attached hydrogens (tertiary/aromatic N) is 1. The van der Waals surface area contributed by atoms with Crippen LogP contribution in [0.4, 0.5) is 5.69 Å². The highest BCUT2D eigenvalue weighted by molar-refractivity contribution is 6.04. The molecule has 2 unspecified atom stereocenters.